The molecule has 0 radical (unpaired) electrons. The van der Waals surface area contributed by atoms with Gasteiger partial charge in [-0.15, -0.1) is 0 Å². The van der Waals surface area contributed by atoms with Crippen molar-refractivity contribution in [1.82, 2.24) is 5.32 Å². The second-order valence-corrected chi connectivity index (χ2v) is 4.50. The fraction of sp³-hybridized carbons (Fsp3) is 1.00. The molecule has 3 atom stereocenters. The van der Waals surface area contributed by atoms with E-state index in [1.807, 2.05) is 0 Å². The predicted octanol–water partition coefficient (Wildman–Crippen LogP) is 1.06. The minimum atomic E-state index is -0.126. The third kappa shape index (κ3) is 2.69. The monoisotopic (exact) mass is 199 g/mol. The largest absolute Gasteiger partial charge is 0.392 e. The average Bonchev–Trinajstić information content (AvgIpc) is 2.63. The van der Waals surface area contributed by atoms with Crippen molar-refractivity contribution < 1.29 is 9.84 Å². The number of hydrogen-bond acceptors (Lipinski definition) is 3. The van der Waals surface area contributed by atoms with Crippen molar-refractivity contribution in [3.05, 3.63) is 0 Å². The zero-order chi connectivity index (χ0) is 9.80. The molecule has 2 N–H and O–H groups in total. The molecular formula is C11H21NO2. The van der Waals surface area contributed by atoms with Crippen LogP contribution in [0.1, 0.15) is 38.5 Å². The Balaban J connectivity index is 1.65. The van der Waals surface area contributed by atoms with E-state index in [2.05, 4.69) is 5.32 Å². The van der Waals surface area contributed by atoms with Gasteiger partial charge in [-0.05, 0) is 38.5 Å². The summed E-state index contributed by atoms with van der Waals surface area (Å²) in [6, 6.07) is 0.320. The Morgan fingerprint density at radius 2 is 2.07 bits per heavy atom. The molecule has 0 aromatic rings. The normalized spacial score (nSPS) is 38.8. The standard InChI is InChI=1S/C11H21NO2/c13-11-6-3-5-10(11)12-8-9-4-1-2-7-14-9/h9-13H,1-8H2. The second kappa shape index (κ2) is 5.10. The molecule has 2 aliphatic rings. The van der Waals surface area contributed by atoms with Gasteiger partial charge in [0.1, 0.15) is 0 Å². The van der Waals surface area contributed by atoms with Crippen LogP contribution >= 0.6 is 0 Å². The predicted molar refractivity (Wildman–Crippen MR) is 55.2 cm³/mol. The van der Waals surface area contributed by atoms with Crippen LogP contribution in [0.2, 0.25) is 0 Å². The minimum absolute atomic E-state index is 0.126. The van der Waals surface area contributed by atoms with Crippen LogP contribution in [0.4, 0.5) is 0 Å². The van der Waals surface area contributed by atoms with Crippen molar-refractivity contribution in [3.63, 3.8) is 0 Å². The van der Waals surface area contributed by atoms with Crippen LogP contribution in [-0.2, 0) is 4.74 Å². The molecule has 0 bridgehead atoms. The zero-order valence-electron chi connectivity index (χ0n) is 8.74. The van der Waals surface area contributed by atoms with E-state index in [9.17, 15) is 5.11 Å². The number of aliphatic hydroxyl groups excluding tert-OH is 1. The third-order valence-corrected chi connectivity index (χ3v) is 3.36. The molecule has 1 saturated carbocycles. The highest BCUT2D eigenvalue weighted by molar-refractivity contribution is 4.83. The first-order valence-electron chi connectivity index (χ1n) is 5.89. The van der Waals surface area contributed by atoms with Gasteiger partial charge in [0.2, 0.25) is 0 Å². The van der Waals surface area contributed by atoms with Crippen molar-refractivity contribution in [2.24, 2.45) is 0 Å². The van der Waals surface area contributed by atoms with Crippen LogP contribution in [0.3, 0.4) is 0 Å². The lowest BCUT2D eigenvalue weighted by Crippen LogP contribution is -2.41. The number of rotatable bonds is 3. The van der Waals surface area contributed by atoms with Crippen LogP contribution < -0.4 is 5.32 Å². The summed E-state index contributed by atoms with van der Waals surface area (Å²) in [4.78, 5) is 0. The molecule has 1 heterocycles. The van der Waals surface area contributed by atoms with Crippen molar-refractivity contribution in [1.29, 1.82) is 0 Å². The van der Waals surface area contributed by atoms with Gasteiger partial charge >= 0.3 is 0 Å². The summed E-state index contributed by atoms with van der Waals surface area (Å²) in [6.07, 6.45) is 7.18. The van der Waals surface area contributed by atoms with Crippen LogP contribution in [0.15, 0.2) is 0 Å². The molecule has 0 aromatic heterocycles. The Labute approximate surface area is 85.8 Å². The third-order valence-electron chi connectivity index (χ3n) is 3.36. The van der Waals surface area contributed by atoms with E-state index < -0.39 is 0 Å². The Kier molecular flexibility index (Phi) is 3.79. The number of aliphatic hydroxyl groups is 1. The van der Waals surface area contributed by atoms with Gasteiger partial charge in [-0.2, -0.15) is 0 Å². The highest BCUT2D eigenvalue weighted by atomic mass is 16.5. The van der Waals surface area contributed by atoms with Gasteiger partial charge in [0.05, 0.1) is 12.2 Å². The van der Waals surface area contributed by atoms with E-state index in [0.29, 0.717) is 12.1 Å². The molecular weight excluding hydrogens is 178 g/mol. The molecule has 82 valence electrons. The summed E-state index contributed by atoms with van der Waals surface area (Å²) in [6.45, 7) is 1.83. The van der Waals surface area contributed by atoms with Crippen molar-refractivity contribution >= 4 is 0 Å². The molecule has 3 nitrogen and oxygen atoms in total. The summed E-state index contributed by atoms with van der Waals surface area (Å²) < 4.78 is 5.63. The Hall–Kier alpha value is -0.120. The highest BCUT2D eigenvalue weighted by Crippen LogP contribution is 2.19. The van der Waals surface area contributed by atoms with Gasteiger partial charge in [0.15, 0.2) is 0 Å². The summed E-state index contributed by atoms with van der Waals surface area (Å²) >= 11 is 0. The molecule has 1 aliphatic carbocycles. The second-order valence-electron chi connectivity index (χ2n) is 4.50. The Morgan fingerprint density at radius 1 is 1.14 bits per heavy atom. The van der Waals surface area contributed by atoms with Crippen molar-refractivity contribution in [2.45, 2.75) is 56.8 Å². The quantitative estimate of drug-likeness (QED) is 0.714. The lowest BCUT2D eigenvalue weighted by molar-refractivity contribution is 0.0126. The fourth-order valence-electron chi connectivity index (χ4n) is 2.43. The average molecular weight is 199 g/mol. The molecule has 14 heavy (non-hydrogen) atoms. The SMILES string of the molecule is OC1CCCC1NCC1CCCCO1. The Morgan fingerprint density at radius 3 is 2.71 bits per heavy atom. The smallest absolute Gasteiger partial charge is 0.0699 e. The van der Waals surface area contributed by atoms with E-state index in [0.717, 1.165) is 32.4 Å². The molecule has 2 rings (SSSR count). The van der Waals surface area contributed by atoms with E-state index >= 15 is 0 Å². The van der Waals surface area contributed by atoms with Gasteiger partial charge < -0.3 is 15.2 Å². The number of nitrogens with one attached hydrogen (secondary N) is 1. The molecule has 1 aliphatic heterocycles. The van der Waals surface area contributed by atoms with Gasteiger partial charge in [-0.3, -0.25) is 0 Å². The molecule has 0 spiro atoms. The molecule has 3 unspecified atom stereocenters. The topological polar surface area (TPSA) is 41.5 Å². The summed E-state index contributed by atoms with van der Waals surface area (Å²) in [5, 5.41) is 13.0. The summed E-state index contributed by atoms with van der Waals surface area (Å²) in [5.41, 5.74) is 0. The summed E-state index contributed by atoms with van der Waals surface area (Å²) in [7, 11) is 0. The summed E-state index contributed by atoms with van der Waals surface area (Å²) in [5.74, 6) is 0. The van der Waals surface area contributed by atoms with Crippen LogP contribution in [0.25, 0.3) is 0 Å². The van der Waals surface area contributed by atoms with Gasteiger partial charge in [-0.25, -0.2) is 0 Å². The number of hydrogen-bond donors (Lipinski definition) is 2. The molecule has 1 saturated heterocycles. The fourth-order valence-corrected chi connectivity index (χ4v) is 2.43. The molecule has 0 aromatic carbocycles. The maximum atomic E-state index is 9.62. The molecule has 3 heteroatoms. The van der Waals surface area contributed by atoms with Gasteiger partial charge in [0.25, 0.3) is 0 Å². The zero-order valence-corrected chi connectivity index (χ0v) is 8.74. The van der Waals surface area contributed by atoms with E-state index in [4.69, 9.17) is 4.74 Å². The van der Waals surface area contributed by atoms with Crippen LogP contribution in [-0.4, -0.2) is 36.5 Å². The van der Waals surface area contributed by atoms with Crippen LogP contribution in [0, 0.1) is 0 Å². The maximum Gasteiger partial charge on any atom is 0.0699 e. The lowest BCUT2D eigenvalue weighted by atomic mass is 10.1. The van der Waals surface area contributed by atoms with Crippen molar-refractivity contribution in [3.8, 4) is 0 Å². The molecule has 2 fully saturated rings. The first kappa shape index (κ1) is 10.4. The first-order valence-corrected chi connectivity index (χ1v) is 5.89. The van der Waals surface area contributed by atoms with Gasteiger partial charge in [-0.1, -0.05) is 0 Å². The van der Waals surface area contributed by atoms with Crippen LogP contribution in [0.5, 0.6) is 0 Å². The highest BCUT2D eigenvalue weighted by Gasteiger charge is 2.25. The Bertz CT molecular complexity index is 169. The van der Waals surface area contributed by atoms with E-state index in [1.165, 1.54) is 19.3 Å². The minimum Gasteiger partial charge on any atom is -0.392 e. The van der Waals surface area contributed by atoms with Crippen molar-refractivity contribution in [2.75, 3.05) is 13.2 Å². The van der Waals surface area contributed by atoms with Gasteiger partial charge in [0, 0.05) is 19.2 Å². The van der Waals surface area contributed by atoms with E-state index in [-0.39, 0.29) is 6.10 Å². The lowest BCUT2D eigenvalue weighted by Gasteiger charge is -2.25. The number of ether oxygens (including phenoxy) is 1. The van der Waals surface area contributed by atoms with E-state index in [1.54, 1.807) is 0 Å². The maximum absolute atomic E-state index is 9.62. The molecule has 0 amide bonds. The first-order chi connectivity index (χ1) is 6.86.